The third-order valence-electron chi connectivity index (χ3n) is 7.18. The molecule has 1 fully saturated rings. The van der Waals surface area contributed by atoms with Crippen LogP contribution < -0.4 is 10.1 Å². The van der Waals surface area contributed by atoms with Crippen LogP contribution >= 0.6 is 0 Å². The highest BCUT2D eigenvalue weighted by Crippen LogP contribution is 2.32. The Labute approximate surface area is 229 Å². The van der Waals surface area contributed by atoms with Gasteiger partial charge in [-0.05, 0) is 32.0 Å². The van der Waals surface area contributed by atoms with E-state index >= 15 is 0 Å². The van der Waals surface area contributed by atoms with Crippen LogP contribution in [-0.4, -0.2) is 77.2 Å². The Bertz CT molecular complexity index is 1460. The molecule has 1 aromatic carbocycles. The van der Waals surface area contributed by atoms with Crippen molar-refractivity contribution in [1.29, 1.82) is 0 Å². The van der Waals surface area contributed by atoms with Crippen LogP contribution in [0.4, 0.5) is 14.6 Å². The van der Waals surface area contributed by atoms with E-state index in [1.165, 1.54) is 12.4 Å². The SMILES string of the molecule is C=C(C(=O)Nc1cnc(Oc2ccc(F)cc2F)cn1)N1CCN(C(=O)[C@]2(O)CCn3nccc3C2)C(C)(C)C1. The van der Waals surface area contributed by atoms with Crippen molar-refractivity contribution in [3.8, 4) is 11.6 Å². The first-order valence-electron chi connectivity index (χ1n) is 12.7. The van der Waals surface area contributed by atoms with Crippen LogP contribution in [0.25, 0.3) is 0 Å². The highest BCUT2D eigenvalue weighted by molar-refractivity contribution is 6.02. The monoisotopic (exact) mass is 553 g/mol. The quantitative estimate of drug-likeness (QED) is 0.446. The number of nitrogens with zero attached hydrogens (tertiary/aromatic N) is 6. The number of piperazine rings is 1. The fraction of sp³-hybridized carbons (Fsp3) is 0.370. The highest BCUT2D eigenvalue weighted by Gasteiger charge is 2.48. The van der Waals surface area contributed by atoms with Crippen LogP contribution in [0.3, 0.4) is 0 Å². The van der Waals surface area contributed by atoms with E-state index in [0.29, 0.717) is 32.2 Å². The van der Waals surface area contributed by atoms with E-state index in [1.54, 1.807) is 26.7 Å². The molecule has 0 unspecified atom stereocenters. The van der Waals surface area contributed by atoms with Crippen molar-refractivity contribution >= 4 is 17.6 Å². The van der Waals surface area contributed by atoms with Crippen molar-refractivity contribution in [2.24, 2.45) is 0 Å². The second kappa shape index (κ2) is 10.3. The molecule has 5 rings (SSSR count). The fourth-order valence-corrected chi connectivity index (χ4v) is 5.02. The van der Waals surface area contributed by atoms with Gasteiger partial charge in [0.1, 0.15) is 5.82 Å². The zero-order valence-corrected chi connectivity index (χ0v) is 22.1. The Morgan fingerprint density at radius 2 is 1.93 bits per heavy atom. The number of halogens is 2. The van der Waals surface area contributed by atoms with Crippen molar-refractivity contribution in [3.63, 3.8) is 0 Å². The van der Waals surface area contributed by atoms with Crippen molar-refractivity contribution in [1.82, 2.24) is 29.5 Å². The molecule has 2 N–H and O–H groups in total. The van der Waals surface area contributed by atoms with Crippen LogP contribution in [0.1, 0.15) is 26.0 Å². The van der Waals surface area contributed by atoms with E-state index in [9.17, 15) is 23.5 Å². The van der Waals surface area contributed by atoms with Crippen molar-refractivity contribution in [2.45, 2.75) is 44.4 Å². The second-order valence-corrected chi connectivity index (χ2v) is 10.5. The van der Waals surface area contributed by atoms with Gasteiger partial charge in [0, 0.05) is 57.0 Å². The standard InChI is InChI=1S/C27H29F2N7O4/c1-17(24(37)33-22-14-31-23(15-30-22)40-21-5-4-18(28)12-20(21)29)34-10-11-35(26(2,3)16-34)25(38)27(39)7-9-36-19(13-27)6-8-32-36/h4-6,8,12,14-15,39H,1,7,9-11,13,16H2,2-3H3,(H,30,33,37)/t27-/m0/s1. The maximum absolute atomic E-state index is 13.8. The Morgan fingerprint density at radius 1 is 1.12 bits per heavy atom. The molecule has 2 aromatic heterocycles. The number of hydrogen-bond donors (Lipinski definition) is 2. The minimum Gasteiger partial charge on any atom is -0.434 e. The maximum Gasteiger partial charge on any atom is 0.272 e. The number of benzene rings is 1. The van der Waals surface area contributed by atoms with Crippen molar-refractivity contribution in [3.05, 3.63) is 72.5 Å². The number of rotatable bonds is 6. The summed E-state index contributed by atoms with van der Waals surface area (Å²) in [6.07, 6.45) is 4.56. The molecule has 11 nitrogen and oxygen atoms in total. The Hall–Kier alpha value is -4.39. The lowest BCUT2D eigenvalue weighted by atomic mass is 9.86. The smallest absolute Gasteiger partial charge is 0.272 e. The molecule has 0 bridgehead atoms. The molecule has 3 aromatic rings. The number of aliphatic hydroxyl groups is 1. The zero-order valence-electron chi connectivity index (χ0n) is 22.1. The first-order chi connectivity index (χ1) is 18.9. The van der Waals surface area contributed by atoms with Gasteiger partial charge in [-0.15, -0.1) is 0 Å². The van der Waals surface area contributed by atoms with Crippen LogP contribution in [-0.2, 0) is 22.6 Å². The van der Waals surface area contributed by atoms with Gasteiger partial charge in [-0.25, -0.2) is 18.7 Å². The average molecular weight is 554 g/mol. The van der Waals surface area contributed by atoms with Gasteiger partial charge in [-0.2, -0.15) is 5.10 Å². The molecule has 2 aliphatic heterocycles. The van der Waals surface area contributed by atoms with E-state index in [1.807, 2.05) is 13.8 Å². The summed E-state index contributed by atoms with van der Waals surface area (Å²) < 4.78 is 34.0. The fourth-order valence-electron chi connectivity index (χ4n) is 5.02. The number of amides is 2. The minimum atomic E-state index is -1.51. The van der Waals surface area contributed by atoms with Gasteiger partial charge in [-0.3, -0.25) is 14.3 Å². The van der Waals surface area contributed by atoms with Crippen LogP contribution in [0.5, 0.6) is 11.6 Å². The predicted octanol–water partition coefficient (Wildman–Crippen LogP) is 2.50. The molecule has 1 saturated heterocycles. The summed E-state index contributed by atoms with van der Waals surface area (Å²) in [5.74, 6) is -2.62. The molecule has 2 aliphatic rings. The van der Waals surface area contributed by atoms with Crippen LogP contribution in [0, 0.1) is 11.6 Å². The van der Waals surface area contributed by atoms with Gasteiger partial charge in [0.15, 0.2) is 23.0 Å². The van der Waals surface area contributed by atoms with E-state index in [4.69, 9.17) is 4.74 Å². The molecule has 0 spiro atoms. The van der Waals surface area contributed by atoms with Crippen molar-refractivity contribution < 1.29 is 28.2 Å². The van der Waals surface area contributed by atoms with E-state index in [2.05, 4.69) is 27.0 Å². The molecular formula is C27H29F2N7O4. The number of ether oxygens (including phenoxy) is 1. The highest BCUT2D eigenvalue weighted by atomic mass is 19.1. The molecule has 40 heavy (non-hydrogen) atoms. The maximum atomic E-state index is 13.8. The zero-order chi connectivity index (χ0) is 28.7. The Balaban J connectivity index is 1.18. The number of anilines is 1. The first kappa shape index (κ1) is 27.2. The summed E-state index contributed by atoms with van der Waals surface area (Å²) in [7, 11) is 0. The molecule has 0 radical (unpaired) electrons. The van der Waals surface area contributed by atoms with E-state index in [0.717, 1.165) is 17.8 Å². The summed E-state index contributed by atoms with van der Waals surface area (Å²) in [6.45, 7) is 9.11. The third-order valence-corrected chi connectivity index (χ3v) is 7.18. The van der Waals surface area contributed by atoms with Crippen molar-refractivity contribution in [2.75, 3.05) is 25.0 Å². The normalized spacial score (nSPS) is 20.0. The second-order valence-electron chi connectivity index (χ2n) is 10.5. The van der Waals surface area contributed by atoms with Gasteiger partial charge >= 0.3 is 0 Å². The summed E-state index contributed by atoms with van der Waals surface area (Å²) in [5, 5.41) is 18.1. The van der Waals surface area contributed by atoms with Gasteiger partial charge in [0.25, 0.3) is 11.8 Å². The molecule has 2 amide bonds. The topological polar surface area (TPSA) is 126 Å². The van der Waals surface area contributed by atoms with Gasteiger partial charge in [0.05, 0.1) is 23.6 Å². The summed E-state index contributed by atoms with van der Waals surface area (Å²) in [6, 6.07) is 4.68. The number of nitrogens with one attached hydrogen (secondary N) is 1. The molecule has 0 aliphatic carbocycles. The van der Waals surface area contributed by atoms with E-state index in [-0.39, 0.29) is 41.9 Å². The van der Waals surface area contributed by atoms with Gasteiger partial charge in [-0.1, -0.05) is 6.58 Å². The molecule has 0 saturated carbocycles. The lowest BCUT2D eigenvalue weighted by Crippen LogP contribution is -2.66. The molecule has 13 heteroatoms. The summed E-state index contributed by atoms with van der Waals surface area (Å²) >= 11 is 0. The van der Waals surface area contributed by atoms with Crippen LogP contribution in [0.2, 0.25) is 0 Å². The summed E-state index contributed by atoms with van der Waals surface area (Å²) in [5.41, 5.74) is -1.22. The van der Waals surface area contributed by atoms with E-state index < -0.39 is 28.7 Å². The third kappa shape index (κ3) is 5.37. The minimum absolute atomic E-state index is 0.0473. The van der Waals surface area contributed by atoms with Crippen LogP contribution in [0.15, 0.2) is 55.1 Å². The van der Waals surface area contributed by atoms with Gasteiger partial charge in [0.2, 0.25) is 5.88 Å². The molecular weight excluding hydrogens is 524 g/mol. The molecule has 1 atom stereocenters. The number of carbonyl (C=O) groups is 2. The number of hydrogen-bond acceptors (Lipinski definition) is 8. The lowest BCUT2D eigenvalue weighted by molar-refractivity contribution is -0.162. The number of aryl methyl sites for hydroxylation is 1. The molecule has 4 heterocycles. The molecule has 210 valence electrons. The Kier molecular flexibility index (Phi) is 7.00. The average Bonchev–Trinajstić information content (AvgIpc) is 3.37. The Morgan fingerprint density at radius 3 is 2.62 bits per heavy atom. The number of fused-ring (bicyclic) bond motifs is 1. The lowest BCUT2D eigenvalue weighted by Gasteiger charge is -2.50. The summed E-state index contributed by atoms with van der Waals surface area (Å²) in [4.78, 5) is 37.9. The number of carbonyl (C=O) groups excluding carboxylic acids is 2. The predicted molar refractivity (Wildman–Crippen MR) is 139 cm³/mol. The van der Waals surface area contributed by atoms with Gasteiger partial charge < -0.3 is 25.0 Å². The first-order valence-corrected chi connectivity index (χ1v) is 12.7. The largest absolute Gasteiger partial charge is 0.434 e. The number of aromatic nitrogens is 4.